The van der Waals surface area contributed by atoms with Crippen molar-refractivity contribution in [1.82, 2.24) is 0 Å². The van der Waals surface area contributed by atoms with Crippen molar-refractivity contribution in [2.75, 3.05) is 11.5 Å². The zero-order valence-corrected chi connectivity index (χ0v) is 12.7. The molecule has 1 aromatic carbocycles. The predicted molar refractivity (Wildman–Crippen MR) is 80.3 cm³/mol. The molecule has 0 aromatic heterocycles. The molecule has 5 heteroatoms. The normalized spacial score (nSPS) is 17.1. The van der Waals surface area contributed by atoms with Crippen molar-refractivity contribution in [3.63, 3.8) is 0 Å². The highest BCUT2D eigenvalue weighted by molar-refractivity contribution is 7.91. The third kappa shape index (κ3) is 2.87. The van der Waals surface area contributed by atoms with Crippen LogP contribution < -0.4 is 5.73 Å². The van der Waals surface area contributed by atoms with Gasteiger partial charge in [0.15, 0.2) is 9.84 Å². The average Bonchev–Trinajstić information content (AvgIpc) is 3.18. The first kappa shape index (κ1) is 15.0. The van der Waals surface area contributed by atoms with Crippen molar-refractivity contribution < 1.29 is 13.2 Å². The summed E-state index contributed by atoms with van der Waals surface area (Å²) in [5.74, 6) is -0.0215. The van der Waals surface area contributed by atoms with E-state index in [4.69, 9.17) is 5.73 Å². The second kappa shape index (κ2) is 5.20. The SMILES string of the molecule is CC(C)S(=O)(=O)CCC(=O)C1(c2ccc(N)cc2)CC1. The largest absolute Gasteiger partial charge is 0.399 e. The maximum atomic E-state index is 12.4. The lowest BCUT2D eigenvalue weighted by Gasteiger charge is -2.15. The fraction of sp³-hybridized carbons (Fsp3) is 0.533. The molecule has 0 saturated heterocycles. The summed E-state index contributed by atoms with van der Waals surface area (Å²) in [4.78, 5) is 12.4. The van der Waals surface area contributed by atoms with E-state index in [0.717, 1.165) is 18.4 Å². The van der Waals surface area contributed by atoms with Gasteiger partial charge in [0.1, 0.15) is 5.78 Å². The molecule has 1 aromatic rings. The van der Waals surface area contributed by atoms with Crippen LogP contribution in [0, 0.1) is 0 Å². The fourth-order valence-electron chi connectivity index (χ4n) is 2.37. The summed E-state index contributed by atoms with van der Waals surface area (Å²) < 4.78 is 23.6. The van der Waals surface area contributed by atoms with E-state index in [1.54, 1.807) is 26.0 Å². The second-order valence-electron chi connectivity index (χ2n) is 5.79. The number of sulfone groups is 1. The summed E-state index contributed by atoms with van der Waals surface area (Å²) >= 11 is 0. The van der Waals surface area contributed by atoms with Crippen LogP contribution in [0.5, 0.6) is 0 Å². The summed E-state index contributed by atoms with van der Waals surface area (Å²) in [6.45, 7) is 3.29. The Bertz CT molecular complexity index is 599. The highest BCUT2D eigenvalue weighted by Crippen LogP contribution is 2.49. The topological polar surface area (TPSA) is 77.2 Å². The molecular formula is C15H21NO3S. The minimum Gasteiger partial charge on any atom is -0.399 e. The summed E-state index contributed by atoms with van der Waals surface area (Å²) in [5.41, 5.74) is 6.82. The molecule has 110 valence electrons. The van der Waals surface area contributed by atoms with Gasteiger partial charge < -0.3 is 5.73 Å². The summed E-state index contributed by atoms with van der Waals surface area (Å²) in [5, 5.41) is -0.429. The Morgan fingerprint density at radius 3 is 2.25 bits per heavy atom. The van der Waals surface area contributed by atoms with E-state index in [0.29, 0.717) is 5.69 Å². The van der Waals surface area contributed by atoms with E-state index in [-0.39, 0.29) is 18.0 Å². The van der Waals surface area contributed by atoms with Crippen LogP contribution in [0.2, 0.25) is 0 Å². The molecule has 1 aliphatic rings. The van der Waals surface area contributed by atoms with E-state index in [1.165, 1.54) is 0 Å². The van der Waals surface area contributed by atoms with Crippen molar-refractivity contribution >= 4 is 21.3 Å². The Kier molecular flexibility index (Phi) is 3.91. The van der Waals surface area contributed by atoms with Gasteiger partial charge in [-0.25, -0.2) is 8.42 Å². The number of rotatable bonds is 6. The van der Waals surface area contributed by atoms with Gasteiger partial charge in [-0.1, -0.05) is 12.1 Å². The number of nitrogens with two attached hydrogens (primary N) is 1. The minimum atomic E-state index is -3.16. The lowest BCUT2D eigenvalue weighted by atomic mass is 9.90. The molecular weight excluding hydrogens is 274 g/mol. The van der Waals surface area contributed by atoms with Crippen molar-refractivity contribution in [2.24, 2.45) is 0 Å². The molecule has 0 bridgehead atoms. The maximum absolute atomic E-state index is 12.4. The van der Waals surface area contributed by atoms with Gasteiger partial charge in [0.25, 0.3) is 0 Å². The van der Waals surface area contributed by atoms with Gasteiger partial charge in [-0.05, 0) is 44.4 Å². The monoisotopic (exact) mass is 295 g/mol. The first-order valence-electron chi connectivity index (χ1n) is 6.89. The zero-order chi connectivity index (χ0) is 15.0. The Hall–Kier alpha value is -1.36. The summed E-state index contributed by atoms with van der Waals surface area (Å²) in [6, 6.07) is 7.31. The van der Waals surface area contributed by atoms with E-state index < -0.39 is 20.5 Å². The van der Waals surface area contributed by atoms with Gasteiger partial charge in [0.2, 0.25) is 0 Å². The third-order valence-electron chi connectivity index (χ3n) is 4.08. The number of benzene rings is 1. The second-order valence-corrected chi connectivity index (χ2v) is 8.47. The molecule has 20 heavy (non-hydrogen) atoms. The van der Waals surface area contributed by atoms with E-state index in [1.807, 2.05) is 12.1 Å². The molecule has 0 spiro atoms. The van der Waals surface area contributed by atoms with Crippen LogP contribution in [0.25, 0.3) is 0 Å². The van der Waals surface area contributed by atoms with Gasteiger partial charge >= 0.3 is 0 Å². The van der Waals surface area contributed by atoms with E-state index in [2.05, 4.69) is 0 Å². The number of carbonyl (C=O) groups excluding carboxylic acids is 1. The summed E-state index contributed by atoms with van der Waals surface area (Å²) in [7, 11) is -3.16. The molecule has 0 radical (unpaired) electrons. The zero-order valence-electron chi connectivity index (χ0n) is 11.9. The molecule has 1 saturated carbocycles. The van der Waals surface area contributed by atoms with E-state index in [9.17, 15) is 13.2 Å². The number of ketones is 1. The van der Waals surface area contributed by atoms with Crippen LogP contribution >= 0.6 is 0 Å². The molecule has 4 nitrogen and oxygen atoms in total. The number of hydrogen-bond donors (Lipinski definition) is 1. The molecule has 0 amide bonds. The fourth-order valence-corrected chi connectivity index (χ4v) is 3.31. The quantitative estimate of drug-likeness (QED) is 0.815. The van der Waals surface area contributed by atoms with Crippen molar-refractivity contribution in [1.29, 1.82) is 0 Å². The Balaban J connectivity index is 2.08. The maximum Gasteiger partial charge on any atom is 0.153 e. The number of Topliss-reactive ketones (excluding diaryl/α,β-unsaturated/α-hetero) is 1. The smallest absolute Gasteiger partial charge is 0.153 e. The Morgan fingerprint density at radius 1 is 1.25 bits per heavy atom. The first-order valence-corrected chi connectivity index (χ1v) is 8.60. The molecule has 2 N–H and O–H groups in total. The van der Waals surface area contributed by atoms with Crippen LogP contribution in [0.4, 0.5) is 5.69 Å². The average molecular weight is 295 g/mol. The molecule has 2 rings (SSSR count). The van der Waals surface area contributed by atoms with Gasteiger partial charge in [0.05, 0.1) is 16.4 Å². The van der Waals surface area contributed by atoms with Gasteiger partial charge in [-0.15, -0.1) is 0 Å². The Labute approximate surface area is 120 Å². The Morgan fingerprint density at radius 2 is 1.80 bits per heavy atom. The molecule has 0 aliphatic heterocycles. The van der Waals surface area contributed by atoms with Crippen LogP contribution in [-0.2, 0) is 20.0 Å². The third-order valence-corrected chi connectivity index (χ3v) is 6.29. The van der Waals surface area contributed by atoms with Crippen molar-refractivity contribution in [2.45, 2.75) is 43.8 Å². The van der Waals surface area contributed by atoms with Crippen molar-refractivity contribution in [3.8, 4) is 0 Å². The molecule has 0 atom stereocenters. The van der Waals surface area contributed by atoms with E-state index >= 15 is 0 Å². The molecule has 1 aliphatic carbocycles. The highest BCUT2D eigenvalue weighted by atomic mass is 32.2. The highest BCUT2D eigenvalue weighted by Gasteiger charge is 2.50. The first-order chi connectivity index (χ1) is 9.28. The standard InChI is InChI=1S/C15H21NO3S/c1-11(2)20(18,19)10-7-14(17)15(8-9-15)12-3-5-13(16)6-4-12/h3-6,11H,7-10,16H2,1-2H3. The molecule has 1 fully saturated rings. The molecule has 0 heterocycles. The number of carbonyl (C=O) groups is 1. The number of hydrogen-bond acceptors (Lipinski definition) is 4. The van der Waals surface area contributed by atoms with Gasteiger partial charge in [0, 0.05) is 12.1 Å². The van der Waals surface area contributed by atoms with Crippen molar-refractivity contribution in [3.05, 3.63) is 29.8 Å². The predicted octanol–water partition coefficient (Wildman–Crippen LogP) is 2.08. The number of nitrogen functional groups attached to an aromatic ring is 1. The van der Waals surface area contributed by atoms with Gasteiger partial charge in [-0.2, -0.15) is 0 Å². The minimum absolute atomic E-state index is 0.0338. The van der Waals surface area contributed by atoms with Crippen LogP contribution in [-0.4, -0.2) is 25.2 Å². The molecule has 0 unspecified atom stereocenters. The lowest BCUT2D eigenvalue weighted by molar-refractivity contribution is -0.121. The number of anilines is 1. The summed E-state index contributed by atoms with van der Waals surface area (Å²) in [6.07, 6.45) is 1.71. The van der Waals surface area contributed by atoms with Crippen LogP contribution in [0.15, 0.2) is 24.3 Å². The van der Waals surface area contributed by atoms with Crippen LogP contribution in [0.1, 0.15) is 38.7 Å². The van der Waals surface area contributed by atoms with Crippen LogP contribution in [0.3, 0.4) is 0 Å². The lowest BCUT2D eigenvalue weighted by Crippen LogP contribution is -2.26. The van der Waals surface area contributed by atoms with Gasteiger partial charge in [-0.3, -0.25) is 4.79 Å².